The summed E-state index contributed by atoms with van der Waals surface area (Å²) in [5.74, 6) is 4.42. The van der Waals surface area contributed by atoms with E-state index in [1.807, 2.05) is 12.1 Å². The molecule has 2 aromatic heterocycles. The molecule has 3 aromatic rings. The zero-order valence-corrected chi connectivity index (χ0v) is 15.5. The van der Waals surface area contributed by atoms with Gasteiger partial charge in [-0.1, -0.05) is 18.3 Å². The average molecular weight is 366 g/mol. The number of ether oxygens (including phenoxy) is 3. The van der Waals surface area contributed by atoms with Crippen molar-refractivity contribution in [2.45, 2.75) is 12.7 Å². The molecule has 2 heterocycles. The molecule has 3 rings (SSSR count). The topological polar surface area (TPSA) is 70.8 Å². The van der Waals surface area contributed by atoms with E-state index in [2.05, 4.69) is 22.2 Å². The molecular formula is C15H18N4O3S2. The summed E-state index contributed by atoms with van der Waals surface area (Å²) in [6.45, 7) is 2.12. The molecule has 0 saturated carbocycles. The van der Waals surface area contributed by atoms with E-state index in [1.165, 1.54) is 11.3 Å². The minimum atomic E-state index is 0.562. The van der Waals surface area contributed by atoms with E-state index < -0.39 is 0 Å². The Bertz CT molecular complexity index is 821. The fourth-order valence-corrected chi connectivity index (χ4v) is 3.67. The summed E-state index contributed by atoms with van der Waals surface area (Å²) in [4.78, 5) is 0.769. The molecule has 0 N–H and O–H groups in total. The molecule has 0 fully saturated rings. The zero-order valence-electron chi connectivity index (χ0n) is 13.9. The normalized spacial score (nSPS) is 11.0. The van der Waals surface area contributed by atoms with Crippen LogP contribution in [0.1, 0.15) is 12.7 Å². The van der Waals surface area contributed by atoms with Crippen LogP contribution in [0.2, 0.25) is 0 Å². The predicted molar refractivity (Wildman–Crippen MR) is 95.6 cm³/mol. The van der Waals surface area contributed by atoms with E-state index in [4.69, 9.17) is 14.2 Å². The molecule has 0 aliphatic heterocycles. The van der Waals surface area contributed by atoms with Crippen LogP contribution in [0.4, 0.5) is 0 Å². The summed E-state index contributed by atoms with van der Waals surface area (Å²) in [5, 5.41) is 13.9. The number of rotatable bonds is 7. The number of hydrogen-bond acceptors (Lipinski definition) is 8. The molecule has 24 heavy (non-hydrogen) atoms. The molecule has 1 aromatic carbocycles. The Morgan fingerprint density at radius 2 is 1.79 bits per heavy atom. The Morgan fingerprint density at radius 1 is 1.08 bits per heavy atom. The second-order valence-electron chi connectivity index (χ2n) is 4.77. The van der Waals surface area contributed by atoms with Gasteiger partial charge in [0.15, 0.2) is 17.3 Å². The molecule has 0 amide bonds. The molecule has 0 radical (unpaired) electrons. The number of fused-ring (bicyclic) bond motifs is 1. The van der Waals surface area contributed by atoms with Crippen molar-refractivity contribution in [2.75, 3.05) is 27.1 Å². The lowest BCUT2D eigenvalue weighted by atomic mass is 10.2. The molecule has 0 atom stereocenters. The third kappa shape index (κ3) is 3.01. The highest BCUT2D eigenvalue weighted by Crippen LogP contribution is 2.41. The smallest absolute Gasteiger partial charge is 0.235 e. The van der Waals surface area contributed by atoms with Gasteiger partial charge in [0.05, 0.1) is 27.1 Å². The van der Waals surface area contributed by atoms with Crippen LogP contribution in [0.3, 0.4) is 0 Å². The molecule has 0 spiro atoms. The molecule has 9 heteroatoms. The van der Waals surface area contributed by atoms with Gasteiger partial charge in [-0.2, -0.15) is 21.4 Å². The predicted octanol–water partition coefficient (Wildman–Crippen LogP) is 3.13. The van der Waals surface area contributed by atoms with Gasteiger partial charge in [-0.3, -0.25) is 0 Å². The van der Waals surface area contributed by atoms with E-state index in [1.54, 1.807) is 37.6 Å². The van der Waals surface area contributed by atoms with Gasteiger partial charge in [-0.25, -0.2) is 0 Å². The van der Waals surface area contributed by atoms with Gasteiger partial charge in [-0.15, -0.1) is 10.2 Å². The molecule has 128 valence electrons. The van der Waals surface area contributed by atoms with Crippen molar-refractivity contribution in [1.29, 1.82) is 0 Å². The largest absolute Gasteiger partial charge is 0.493 e. The van der Waals surface area contributed by atoms with E-state index >= 15 is 0 Å². The molecule has 0 unspecified atom stereocenters. The lowest BCUT2D eigenvalue weighted by Crippen LogP contribution is -1.97. The monoisotopic (exact) mass is 366 g/mol. The summed E-state index contributed by atoms with van der Waals surface area (Å²) in [5.41, 5.74) is 0.883. The van der Waals surface area contributed by atoms with E-state index in [9.17, 15) is 0 Å². The van der Waals surface area contributed by atoms with Gasteiger partial charge in [-0.05, 0) is 17.9 Å². The summed E-state index contributed by atoms with van der Waals surface area (Å²) >= 11 is 3.26. The third-order valence-corrected chi connectivity index (χ3v) is 5.22. The summed E-state index contributed by atoms with van der Waals surface area (Å²) in [7, 11) is 4.78. The molecular weight excluding hydrogens is 348 g/mol. The van der Waals surface area contributed by atoms with Crippen LogP contribution in [-0.4, -0.2) is 46.9 Å². The third-order valence-electron chi connectivity index (χ3n) is 3.40. The summed E-state index contributed by atoms with van der Waals surface area (Å²) < 4.78 is 18.0. The Balaban J connectivity index is 2.05. The maximum Gasteiger partial charge on any atom is 0.235 e. The summed E-state index contributed by atoms with van der Waals surface area (Å²) in [6.07, 6.45) is 0. The SMILES string of the molecule is CCSCc1nnc2sc(-c3cc(OC)c(OC)c(OC)c3)nn12. The standard InChI is InChI=1S/C15H18N4O3S2/c1-5-23-8-12-16-17-15-19(12)18-14(24-15)9-6-10(20-2)13(22-4)11(7-9)21-3/h6-7H,5,8H2,1-4H3. The molecule has 0 saturated heterocycles. The van der Waals surface area contributed by atoms with E-state index in [0.29, 0.717) is 17.2 Å². The highest BCUT2D eigenvalue weighted by atomic mass is 32.2. The van der Waals surface area contributed by atoms with Gasteiger partial charge < -0.3 is 14.2 Å². The van der Waals surface area contributed by atoms with Crippen LogP contribution in [0.5, 0.6) is 17.2 Å². The minimum Gasteiger partial charge on any atom is -0.493 e. The molecule has 0 aliphatic rings. The number of thioether (sulfide) groups is 1. The first-order valence-electron chi connectivity index (χ1n) is 7.31. The van der Waals surface area contributed by atoms with Crippen LogP contribution in [0.15, 0.2) is 12.1 Å². The maximum atomic E-state index is 5.41. The van der Waals surface area contributed by atoms with Crippen LogP contribution in [-0.2, 0) is 5.75 Å². The highest BCUT2D eigenvalue weighted by molar-refractivity contribution is 7.98. The van der Waals surface area contributed by atoms with Crippen molar-refractivity contribution < 1.29 is 14.2 Å². The van der Waals surface area contributed by atoms with Crippen molar-refractivity contribution >= 4 is 28.1 Å². The van der Waals surface area contributed by atoms with Gasteiger partial charge in [0, 0.05) is 5.56 Å². The number of aromatic nitrogens is 4. The van der Waals surface area contributed by atoms with E-state index in [-0.39, 0.29) is 0 Å². The maximum absolute atomic E-state index is 5.41. The summed E-state index contributed by atoms with van der Waals surface area (Å²) in [6, 6.07) is 3.76. The van der Waals surface area contributed by atoms with Gasteiger partial charge in [0.25, 0.3) is 0 Å². The second-order valence-corrected chi connectivity index (χ2v) is 7.00. The van der Waals surface area contributed by atoms with Crippen molar-refractivity contribution in [2.24, 2.45) is 0 Å². The quantitative estimate of drug-likeness (QED) is 0.636. The Morgan fingerprint density at radius 3 is 2.38 bits per heavy atom. The minimum absolute atomic E-state index is 0.562. The van der Waals surface area contributed by atoms with Gasteiger partial charge in [0.2, 0.25) is 10.7 Å². The van der Waals surface area contributed by atoms with Crippen molar-refractivity contribution in [1.82, 2.24) is 19.8 Å². The van der Waals surface area contributed by atoms with Crippen LogP contribution in [0.25, 0.3) is 15.5 Å². The molecule has 7 nitrogen and oxygen atoms in total. The Kier molecular flexibility index (Phi) is 5.10. The first-order valence-corrected chi connectivity index (χ1v) is 9.28. The first kappa shape index (κ1) is 16.8. The van der Waals surface area contributed by atoms with Crippen LogP contribution < -0.4 is 14.2 Å². The van der Waals surface area contributed by atoms with Crippen molar-refractivity contribution in [3.63, 3.8) is 0 Å². The number of nitrogens with zero attached hydrogens (tertiary/aromatic N) is 4. The Labute approximate surface area is 147 Å². The highest BCUT2D eigenvalue weighted by Gasteiger charge is 2.18. The molecule has 0 aliphatic carbocycles. The van der Waals surface area contributed by atoms with Crippen molar-refractivity contribution in [3.05, 3.63) is 18.0 Å². The number of benzene rings is 1. The average Bonchev–Trinajstić information content (AvgIpc) is 3.19. The zero-order chi connectivity index (χ0) is 17.1. The number of methoxy groups -OCH3 is 3. The lowest BCUT2D eigenvalue weighted by Gasteiger charge is -2.13. The van der Waals surface area contributed by atoms with Gasteiger partial charge >= 0.3 is 0 Å². The molecule has 0 bridgehead atoms. The number of hydrogen-bond donors (Lipinski definition) is 0. The lowest BCUT2D eigenvalue weighted by molar-refractivity contribution is 0.324. The van der Waals surface area contributed by atoms with Gasteiger partial charge in [0.1, 0.15) is 5.01 Å². The van der Waals surface area contributed by atoms with Crippen LogP contribution >= 0.6 is 23.1 Å². The van der Waals surface area contributed by atoms with E-state index in [0.717, 1.165) is 32.9 Å². The Hall–Kier alpha value is -2.00. The second kappa shape index (κ2) is 7.27. The van der Waals surface area contributed by atoms with Crippen LogP contribution in [0, 0.1) is 0 Å². The fraction of sp³-hybridized carbons (Fsp3) is 0.400. The first-order chi connectivity index (χ1) is 11.7. The van der Waals surface area contributed by atoms with Crippen molar-refractivity contribution in [3.8, 4) is 27.8 Å². The fourth-order valence-electron chi connectivity index (χ4n) is 2.26.